The summed E-state index contributed by atoms with van der Waals surface area (Å²) < 4.78 is 37.5. The summed E-state index contributed by atoms with van der Waals surface area (Å²) in [6.45, 7) is 1.77. The fourth-order valence-electron chi connectivity index (χ4n) is 1.76. The van der Waals surface area contributed by atoms with Gasteiger partial charge in [0.1, 0.15) is 5.82 Å². The summed E-state index contributed by atoms with van der Waals surface area (Å²) in [6, 6.07) is 10.7. The Bertz CT molecular complexity index is 844. The van der Waals surface area contributed by atoms with E-state index >= 15 is 0 Å². The maximum Gasteiger partial charge on any atom is 0.379 e. The Hall–Kier alpha value is -2.74. The molecule has 6 nitrogen and oxygen atoms in total. The Labute approximate surface area is 132 Å². The highest BCUT2D eigenvalue weighted by Gasteiger charge is 2.31. The van der Waals surface area contributed by atoms with Gasteiger partial charge in [-0.15, -0.1) is 0 Å². The molecule has 0 aliphatic rings. The van der Waals surface area contributed by atoms with Crippen LogP contribution in [0.15, 0.2) is 64.7 Å². The van der Waals surface area contributed by atoms with Crippen LogP contribution >= 0.6 is 0 Å². The minimum Gasteiger partial charge on any atom is -0.355 e. The van der Waals surface area contributed by atoms with Gasteiger partial charge in [0.15, 0.2) is 0 Å². The maximum atomic E-state index is 12.8. The van der Waals surface area contributed by atoms with Gasteiger partial charge in [0.05, 0.1) is 16.0 Å². The smallest absolute Gasteiger partial charge is 0.355 e. The van der Waals surface area contributed by atoms with E-state index in [0.29, 0.717) is 5.69 Å². The molecule has 0 aromatic heterocycles. The van der Waals surface area contributed by atoms with Gasteiger partial charge in [-0.05, 0) is 43.3 Å². The number of sulfone groups is 1. The van der Waals surface area contributed by atoms with Crippen LogP contribution in [0.1, 0.15) is 5.56 Å². The van der Waals surface area contributed by atoms with Crippen molar-refractivity contribution in [3.8, 4) is 0 Å². The zero-order valence-electron chi connectivity index (χ0n) is 12.1. The molecule has 0 saturated heterocycles. The first-order valence-corrected chi connectivity index (χ1v) is 7.97. The molecule has 0 bridgehead atoms. The van der Waals surface area contributed by atoms with Gasteiger partial charge < -0.3 is 5.32 Å². The molecular weight excluding hydrogens is 323 g/mol. The Kier molecular flexibility index (Phi) is 4.75. The van der Waals surface area contributed by atoms with Gasteiger partial charge in [-0.25, -0.2) is 12.8 Å². The van der Waals surface area contributed by atoms with Gasteiger partial charge in [-0.2, -0.15) is 0 Å². The monoisotopic (exact) mass is 336 g/mol. The van der Waals surface area contributed by atoms with Crippen LogP contribution in [0.4, 0.5) is 10.1 Å². The number of nitrogens with one attached hydrogen (secondary N) is 1. The lowest BCUT2D eigenvalue weighted by molar-refractivity contribution is -0.411. The predicted molar refractivity (Wildman–Crippen MR) is 83.5 cm³/mol. The summed E-state index contributed by atoms with van der Waals surface area (Å²) in [5.41, 5.74) is 1.16. The van der Waals surface area contributed by atoms with Crippen molar-refractivity contribution < 1.29 is 17.7 Å². The molecule has 2 rings (SSSR count). The zero-order valence-corrected chi connectivity index (χ0v) is 12.9. The van der Waals surface area contributed by atoms with Crippen LogP contribution in [0.2, 0.25) is 0 Å². The molecule has 0 aliphatic carbocycles. The number of rotatable bonds is 5. The van der Waals surface area contributed by atoms with E-state index in [9.17, 15) is 22.9 Å². The molecule has 0 spiro atoms. The maximum absolute atomic E-state index is 12.8. The van der Waals surface area contributed by atoms with Crippen LogP contribution in [0.3, 0.4) is 0 Å². The average Bonchev–Trinajstić information content (AvgIpc) is 2.49. The third-order valence-electron chi connectivity index (χ3n) is 2.99. The molecule has 120 valence electrons. The van der Waals surface area contributed by atoms with Crippen LogP contribution in [0, 0.1) is 22.9 Å². The van der Waals surface area contributed by atoms with Gasteiger partial charge in [-0.3, -0.25) is 10.1 Å². The van der Waals surface area contributed by atoms with Crippen molar-refractivity contribution in [2.45, 2.75) is 11.8 Å². The minimum atomic E-state index is -4.27. The third-order valence-corrected chi connectivity index (χ3v) is 4.70. The van der Waals surface area contributed by atoms with E-state index in [1.165, 1.54) is 24.3 Å². The van der Waals surface area contributed by atoms with Crippen LogP contribution in [0.5, 0.6) is 0 Å². The first-order chi connectivity index (χ1) is 10.8. The van der Waals surface area contributed by atoms with Crippen molar-refractivity contribution in [3.63, 3.8) is 0 Å². The van der Waals surface area contributed by atoms with Crippen molar-refractivity contribution in [2.24, 2.45) is 0 Å². The number of hydrogen-bond donors (Lipinski definition) is 1. The van der Waals surface area contributed by atoms with Crippen LogP contribution in [-0.4, -0.2) is 13.3 Å². The summed E-state index contributed by atoms with van der Waals surface area (Å²) in [6.07, 6.45) is 0.780. The largest absolute Gasteiger partial charge is 0.379 e. The van der Waals surface area contributed by atoms with E-state index < -0.39 is 25.6 Å². The quantitative estimate of drug-likeness (QED) is 0.669. The number of halogens is 1. The summed E-state index contributed by atoms with van der Waals surface area (Å²) in [5.74, 6) is -0.471. The normalized spacial score (nSPS) is 12.0. The van der Waals surface area contributed by atoms with Crippen molar-refractivity contribution in [1.29, 1.82) is 0 Å². The zero-order chi connectivity index (χ0) is 17.0. The highest BCUT2D eigenvalue weighted by atomic mass is 32.2. The molecule has 0 atom stereocenters. The second-order valence-electron chi connectivity index (χ2n) is 4.71. The van der Waals surface area contributed by atoms with Crippen molar-refractivity contribution in [3.05, 3.63) is 81.3 Å². The van der Waals surface area contributed by atoms with E-state index in [-0.39, 0.29) is 4.90 Å². The Morgan fingerprint density at radius 1 is 1.13 bits per heavy atom. The lowest BCUT2D eigenvalue weighted by atomic mass is 10.2. The topological polar surface area (TPSA) is 89.3 Å². The van der Waals surface area contributed by atoms with Gasteiger partial charge in [0.25, 0.3) is 9.84 Å². The molecule has 0 aliphatic heterocycles. The summed E-state index contributed by atoms with van der Waals surface area (Å²) in [7, 11) is -4.27. The lowest BCUT2D eigenvalue weighted by Crippen LogP contribution is -2.14. The van der Waals surface area contributed by atoms with E-state index in [2.05, 4.69) is 5.32 Å². The number of nitrogens with zero attached hydrogens (tertiary/aromatic N) is 1. The van der Waals surface area contributed by atoms with E-state index in [1.54, 1.807) is 19.1 Å². The molecular formula is C15H13FN2O4S. The molecule has 0 unspecified atom stereocenters. The van der Waals surface area contributed by atoms with Crippen LogP contribution in [-0.2, 0) is 9.84 Å². The second-order valence-corrected chi connectivity index (χ2v) is 6.60. The van der Waals surface area contributed by atoms with Crippen molar-refractivity contribution in [1.82, 2.24) is 0 Å². The molecule has 2 aromatic rings. The van der Waals surface area contributed by atoms with Crippen LogP contribution < -0.4 is 5.32 Å². The Morgan fingerprint density at radius 3 is 2.22 bits per heavy atom. The first-order valence-electron chi connectivity index (χ1n) is 6.49. The van der Waals surface area contributed by atoms with Crippen molar-refractivity contribution in [2.75, 3.05) is 5.32 Å². The van der Waals surface area contributed by atoms with E-state index in [0.717, 1.165) is 23.9 Å². The summed E-state index contributed by atoms with van der Waals surface area (Å²) in [4.78, 5) is 9.97. The van der Waals surface area contributed by atoms with Gasteiger partial charge >= 0.3 is 5.03 Å². The first kappa shape index (κ1) is 16.6. The summed E-state index contributed by atoms with van der Waals surface area (Å²) >= 11 is 0. The molecule has 1 N–H and O–H groups in total. The number of nitro groups is 1. The number of aryl methyl sites for hydroxylation is 1. The van der Waals surface area contributed by atoms with E-state index in [4.69, 9.17) is 0 Å². The highest BCUT2D eigenvalue weighted by molar-refractivity contribution is 7.95. The highest BCUT2D eigenvalue weighted by Crippen LogP contribution is 2.20. The summed E-state index contributed by atoms with van der Waals surface area (Å²) in [5, 5.41) is 12.6. The van der Waals surface area contributed by atoms with Gasteiger partial charge in [0.2, 0.25) is 0 Å². The molecule has 0 heterocycles. The molecule has 0 fully saturated rings. The Morgan fingerprint density at radius 2 is 1.70 bits per heavy atom. The fourth-order valence-corrected chi connectivity index (χ4v) is 2.90. The fraction of sp³-hybridized carbons (Fsp3) is 0.0667. The molecule has 0 amide bonds. The number of benzene rings is 2. The Balaban J connectivity index is 2.37. The third kappa shape index (κ3) is 3.92. The molecule has 8 heteroatoms. The molecule has 0 radical (unpaired) electrons. The SMILES string of the molecule is Cc1ccc(S(=O)(=O)/C(=C/Nc2ccc(F)cc2)[N+](=O)[O-])cc1. The van der Waals surface area contributed by atoms with Crippen LogP contribution in [0.25, 0.3) is 0 Å². The molecule has 2 aromatic carbocycles. The number of anilines is 1. The van der Waals surface area contributed by atoms with E-state index in [1.807, 2.05) is 0 Å². The minimum absolute atomic E-state index is 0.174. The molecule has 23 heavy (non-hydrogen) atoms. The predicted octanol–water partition coefficient (Wildman–Crippen LogP) is 3.10. The van der Waals surface area contributed by atoms with Gasteiger partial charge in [0, 0.05) is 5.69 Å². The average molecular weight is 336 g/mol. The lowest BCUT2D eigenvalue weighted by Gasteiger charge is -2.04. The van der Waals surface area contributed by atoms with Gasteiger partial charge in [-0.1, -0.05) is 17.7 Å². The van der Waals surface area contributed by atoms with Crippen molar-refractivity contribution >= 4 is 15.5 Å². The second kappa shape index (κ2) is 6.57. The molecule has 0 saturated carbocycles. The standard InChI is InChI=1S/C15H13FN2O4S/c1-11-2-8-14(9-3-11)23(21,22)15(18(19)20)10-17-13-6-4-12(16)5-7-13/h2-10,17H,1H3/b15-10+. The number of hydrogen-bond acceptors (Lipinski definition) is 5.